The fourth-order valence-corrected chi connectivity index (χ4v) is 4.85. The molecular formula is C13H13Br3O5S. The second-order valence-electron chi connectivity index (χ2n) is 5.07. The van der Waals surface area contributed by atoms with Crippen LogP contribution in [0.2, 0.25) is 0 Å². The topological polar surface area (TPSA) is 80.7 Å². The Morgan fingerprint density at radius 3 is 2.27 bits per heavy atom. The fourth-order valence-electron chi connectivity index (χ4n) is 2.37. The number of esters is 1. The highest BCUT2D eigenvalue weighted by Crippen LogP contribution is 2.32. The normalized spacial score (nSPS) is 22.4. The molecule has 0 radical (unpaired) electrons. The Hall–Kier alpha value is 0.0400. The number of hydrogen-bond acceptors (Lipinski definition) is 4. The Balaban J connectivity index is 2.03. The number of rotatable bonds is 3. The summed E-state index contributed by atoms with van der Waals surface area (Å²) in [7, 11) is -4.01. The van der Waals surface area contributed by atoms with E-state index in [0.29, 0.717) is 35.7 Å². The van der Waals surface area contributed by atoms with Gasteiger partial charge in [-0.2, -0.15) is 8.42 Å². The Kier molecular flexibility index (Phi) is 6.09. The van der Waals surface area contributed by atoms with Gasteiger partial charge in [0.25, 0.3) is 10.1 Å². The van der Waals surface area contributed by atoms with Crippen LogP contribution >= 0.6 is 47.8 Å². The Labute approximate surface area is 153 Å². The summed E-state index contributed by atoms with van der Waals surface area (Å²) in [6, 6.07) is 3.46. The average molecular weight is 521 g/mol. The maximum atomic E-state index is 12.3. The summed E-state index contributed by atoms with van der Waals surface area (Å²) >= 11 is 9.99. The van der Waals surface area contributed by atoms with Crippen LogP contribution in [0.15, 0.2) is 25.6 Å². The van der Waals surface area contributed by atoms with Gasteiger partial charge in [-0.3, -0.25) is 4.55 Å². The zero-order chi connectivity index (χ0) is 16.5. The molecule has 0 bridgehead atoms. The van der Waals surface area contributed by atoms with Gasteiger partial charge >= 0.3 is 5.97 Å². The Morgan fingerprint density at radius 1 is 1.14 bits per heavy atom. The van der Waals surface area contributed by atoms with E-state index in [9.17, 15) is 13.2 Å². The first-order valence-electron chi connectivity index (χ1n) is 6.50. The molecule has 22 heavy (non-hydrogen) atoms. The average Bonchev–Trinajstić information content (AvgIpc) is 2.42. The van der Waals surface area contributed by atoms with Crippen molar-refractivity contribution in [2.75, 3.05) is 0 Å². The highest BCUT2D eigenvalue weighted by molar-refractivity contribution is 9.13. The lowest BCUT2D eigenvalue weighted by molar-refractivity contribution is 0.0211. The van der Waals surface area contributed by atoms with Crippen molar-refractivity contribution >= 4 is 63.9 Å². The van der Waals surface area contributed by atoms with Crippen LogP contribution in [0.1, 0.15) is 36.0 Å². The molecule has 0 amide bonds. The molecule has 1 N–H and O–H groups in total. The molecule has 1 saturated carbocycles. The van der Waals surface area contributed by atoms with Crippen molar-refractivity contribution in [3.63, 3.8) is 0 Å². The predicted molar refractivity (Wildman–Crippen MR) is 92.6 cm³/mol. The van der Waals surface area contributed by atoms with Gasteiger partial charge in [0, 0.05) is 13.4 Å². The van der Waals surface area contributed by atoms with E-state index >= 15 is 0 Å². The molecule has 0 atom stereocenters. The Morgan fingerprint density at radius 2 is 1.73 bits per heavy atom. The minimum atomic E-state index is -4.01. The molecule has 1 fully saturated rings. The van der Waals surface area contributed by atoms with Crippen molar-refractivity contribution < 1.29 is 22.5 Å². The quantitative estimate of drug-likeness (QED) is 0.364. The summed E-state index contributed by atoms with van der Waals surface area (Å²) in [5.41, 5.74) is 0.387. The molecule has 1 aliphatic rings. The number of benzene rings is 1. The zero-order valence-corrected chi connectivity index (χ0v) is 16.8. The molecule has 0 saturated heterocycles. The van der Waals surface area contributed by atoms with Crippen LogP contribution in [0.5, 0.6) is 0 Å². The van der Waals surface area contributed by atoms with Crippen molar-refractivity contribution in [1.29, 1.82) is 0 Å². The molecule has 5 nitrogen and oxygen atoms in total. The summed E-state index contributed by atoms with van der Waals surface area (Å²) in [6.45, 7) is 0. The summed E-state index contributed by atoms with van der Waals surface area (Å²) in [5.74, 6) is -0.468. The minimum absolute atomic E-state index is 0.292. The molecule has 0 aliphatic heterocycles. The summed E-state index contributed by atoms with van der Waals surface area (Å²) < 4.78 is 38.7. The van der Waals surface area contributed by atoms with Crippen molar-refractivity contribution in [2.24, 2.45) is 0 Å². The van der Waals surface area contributed by atoms with E-state index in [0.717, 1.165) is 8.95 Å². The van der Waals surface area contributed by atoms with Gasteiger partial charge in [0.15, 0.2) is 0 Å². The smallest absolute Gasteiger partial charge is 0.339 e. The van der Waals surface area contributed by atoms with Crippen LogP contribution in [0, 0.1) is 0 Å². The maximum Gasteiger partial charge on any atom is 0.339 e. The van der Waals surface area contributed by atoms with Crippen LogP contribution in [-0.4, -0.2) is 30.3 Å². The van der Waals surface area contributed by atoms with E-state index in [2.05, 4.69) is 47.8 Å². The molecule has 2 rings (SSSR count). The number of halogens is 3. The monoisotopic (exact) mass is 518 g/mol. The standard InChI is InChI=1S/C13H13Br3O5S/c14-7-5-10(12(16)11(15)6-7)13(17)21-8-1-3-9(4-2-8)22(18,19)20/h5-6,8-9H,1-4H2,(H,18,19,20). The highest BCUT2D eigenvalue weighted by Gasteiger charge is 2.31. The maximum absolute atomic E-state index is 12.3. The lowest BCUT2D eigenvalue weighted by Gasteiger charge is -2.26. The van der Waals surface area contributed by atoms with Gasteiger partial charge in [0.1, 0.15) is 6.10 Å². The van der Waals surface area contributed by atoms with E-state index in [1.807, 2.05) is 0 Å². The molecule has 1 aromatic carbocycles. The number of hydrogen-bond donors (Lipinski definition) is 1. The van der Waals surface area contributed by atoms with E-state index in [1.165, 1.54) is 0 Å². The van der Waals surface area contributed by atoms with Crippen LogP contribution in [-0.2, 0) is 14.9 Å². The van der Waals surface area contributed by atoms with Crippen LogP contribution in [0.25, 0.3) is 0 Å². The van der Waals surface area contributed by atoms with Gasteiger partial charge in [-0.05, 0) is 69.7 Å². The SMILES string of the molecule is O=C(OC1CCC(S(=O)(=O)O)CC1)c1cc(Br)cc(Br)c1Br. The zero-order valence-electron chi connectivity index (χ0n) is 11.3. The molecule has 0 unspecified atom stereocenters. The third kappa shape index (κ3) is 4.53. The van der Waals surface area contributed by atoms with Gasteiger partial charge in [-0.1, -0.05) is 15.9 Å². The van der Waals surface area contributed by atoms with Gasteiger partial charge in [-0.15, -0.1) is 0 Å². The molecule has 0 aromatic heterocycles. The van der Waals surface area contributed by atoms with Crippen molar-refractivity contribution in [3.05, 3.63) is 31.1 Å². The third-order valence-electron chi connectivity index (χ3n) is 3.53. The second-order valence-corrected chi connectivity index (χ2v) is 9.33. The second kappa shape index (κ2) is 7.29. The van der Waals surface area contributed by atoms with Crippen molar-refractivity contribution in [2.45, 2.75) is 37.0 Å². The molecule has 9 heteroatoms. The van der Waals surface area contributed by atoms with Crippen LogP contribution in [0.3, 0.4) is 0 Å². The van der Waals surface area contributed by atoms with Gasteiger partial charge in [0.2, 0.25) is 0 Å². The van der Waals surface area contributed by atoms with Crippen molar-refractivity contribution in [3.8, 4) is 0 Å². The first kappa shape index (κ1) is 18.4. The number of carbonyl (C=O) groups excluding carboxylic acids is 1. The molecular weight excluding hydrogens is 508 g/mol. The van der Waals surface area contributed by atoms with Gasteiger partial charge in [-0.25, -0.2) is 4.79 Å². The van der Waals surface area contributed by atoms with E-state index in [4.69, 9.17) is 9.29 Å². The van der Waals surface area contributed by atoms with Gasteiger partial charge in [0.05, 0.1) is 10.8 Å². The van der Waals surface area contributed by atoms with Crippen molar-refractivity contribution in [1.82, 2.24) is 0 Å². The van der Waals surface area contributed by atoms with E-state index in [1.54, 1.807) is 12.1 Å². The van der Waals surface area contributed by atoms with Gasteiger partial charge < -0.3 is 4.74 Å². The van der Waals surface area contributed by atoms with Crippen LogP contribution in [0.4, 0.5) is 0 Å². The largest absolute Gasteiger partial charge is 0.459 e. The molecule has 0 heterocycles. The number of ether oxygens (including phenoxy) is 1. The Bertz CT molecular complexity index is 681. The van der Waals surface area contributed by atoms with E-state index in [-0.39, 0.29) is 6.10 Å². The highest BCUT2D eigenvalue weighted by atomic mass is 79.9. The van der Waals surface area contributed by atoms with E-state index < -0.39 is 21.3 Å². The predicted octanol–water partition coefficient (Wildman–Crippen LogP) is 4.33. The first-order chi connectivity index (χ1) is 10.2. The fraction of sp³-hybridized carbons (Fsp3) is 0.462. The molecule has 0 spiro atoms. The summed E-state index contributed by atoms with van der Waals surface area (Å²) in [4.78, 5) is 12.3. The molecule has 1 aromatic rings. The number of carbonyl (C=O) groups is 1. The minimum Gasteiger partial charge on any atom is -0.459 e. The molecule has 1 aliphatic carbocycles. The first-order valence-corrected chi connectivity index (χ1v) is 10.4. The summed E-state index contributed by atoms with van der Waals surface area (Å²) in [6.07, 6.45) is 1.09. The van der Waals surface area contributed by atoms with Crippen LogP contribution < -0.4 is 0 Å². The summed E-state index contributed by atoms with van der Waals surface area (Å²) in [5, 5.41) is -0.755. The third-order valence-corrected chi connectivity index (χ3v) is 7.31. The molecule has 122 valence electrons. The lowest BCUT2D eigenvalue weighted by atomic mass is 9.97. The lowest BCUT2D eigenvalue weighted by Crippen LogP contribution is -2.31.